The highest BCUT2D eigenvalue weighted by molar-refractivity contribution is 14.1. The van der Waals surface area contributed by atoms with Crippen LogP contribution in [0.15, 0.2) is 6.20 Å². The molecule has 0 aliphatic carbocycles. The van der Waals surface area contributed by atoms with E-state index in [2.05, 4.69) is 4.98 Å². The summed E-state index contributed by atoms with van der Waals surface area (Å²) in [6.07, 6.45) is 1.77. The molecule has 0 unspecified atom stereocenters. The summed E-state index contributed by atoms with van der Waals surface area (Å²) in [5.41, 5.74) is 0.215. The van der Waals surface area contributed by atoms with Gasteiger partial charge in [0.05, 0.1) is 3.57 Å². The van der Waals surface area contributed by atoms with Crippen molar-refractivity contribution in [1.29, 1.82) is 0 Å². The largest absolute Gasteiger partial charge is 0.298 e. The summed E-state index contributed by atoms with van der Waals surface area (Å²) in [6, 6.07) is 0. The van der Waals surface area contributed by atoms with Gasteiger partial charge in [-0.3, -0.25) is 4.79 Å². The summed E-state index contributed by atoms with van der Waals surface area (Å²) >= 11 is 7.04. The average molecular weight is 285 g/mol. The SMILES string of the molecule is O=Cc1cnc(Cl)c(F)c1I. The fraction of sp³-hybridized carbons (Fsp3) is 0. The van der Waals surface area contributed by atoms with E-state index in [0.717, 1.165) is 0 Å². The van der Waals surface area contributed by atoms with Crippen molar-refractivity contribution in [2.45, 2.75) is 0 Å². The van der Waals surface area contributed by atoms with E-state index in [0.29, 0.717) is 6.29 Å². The Labute approximate surface area is 80.9 Å². The number of aldehydes is 1. The van der Waals surface area contributed by atoms with Crippen molar-refractivity contribution < 1.29 is 9.18 Å². The molecule has 1 aromatic heterocycles. The summed E-state index contributed by atoms with van der Waals surface area (Å²) in [5, 5.41) is -0.208. The Morgan fingerprint density at radius 1 is 1.73 bits per heavy atom. The second kappa shape index (κ2) is 3.44. The maximum absolute atomic E-state index is 12.8. The summed E-state index contributed by atoms with van der Waals surface area (Å²) in [5.74, 6) is -0.642. The van der Waals surface area contributed by atoms with Gasteiger partial charge in [0.2, 0.25) is 0 Å². The molecular weight excluding hydrogens is 283 g/mol. The number of rotatable bonds is 1. The predicted octanol–water partition coefficient (Wildman–Crippen LogP) is 2.29. The molecule has 0 saturated heterocycles. The third-order valence-corrected chi connectivity index (χ3v) is 2.43. The highest BCUT2D eigenvalue weighted by Gasteiger charge is 2.09. The molecule has 11 heavy (non-hydrogen) atoms. The first-order valence-electron chi connectivity index (χ1n) is 2.61. The molecule has 0 fully saturated rings. The average Bonchev–Trinajstić information content (AvgIpc) is 2.01. The predicted molar refractivity (Wildman–Crippen MR) is 47.3 cm³/mol. The minimum Gasteiger partial charge on any atom is -0.298 e. The Bertz CT molecular complexity index is 305. The van der Waals surface area contributed by atoms with Crippen LogP contribution in [-0.2, 0) is 0 Å². The third-order valence-electron chi connectivity index (χ3n) is 1.07. The first-order chi connectivity index (χ1) is 5.16. The molecule has 58 valence electrons. The Balaban J connectivity index is 3.36. The number of nitrogens with zero attached hydrogens (tertiary/aromatic N) is 1. The Kier molecular flexibility index (Phi) is 2.78. The number of hydrogen-bond donors (Lipinski definition) is 0. The van der Waals surface area contributed by atoms with Gasteiger partial charge >= 0.3 is 0 Å². The van der Waals surface area contributed by atoms with E-state index in [1.54, 1.807) is 22.6 Å². The number of aromatic nitrogens is 1. The van der Waals surface area contributed by atoms with Gasteiger partial charge in [-0.25, -0.2) is 9.37 Å². The zero-order valence-electron chi connectivity index (χ0n) is 5.14. The molecule has 1 rings (SSSR count). The van der Waals surface area contributed by atoms with Crippen LogP contribution in [-0.4, -0.2) is 11.3 Å². The van der Waals surface area contributed by atoms with E-state index >= 15 is 0 Å². The molecule has 2 nitrogen and oxygen atoms in total. The van der Waals surface area contributed by atoms with E-state index in [1.807, 2.05) is 0 Å². The lowest BCUT2D eigenvalue weighted by atomic mass is 10.3. The van der Waals surface area contributed by atoms with Crippen molar-refractivity contribution >= 4 is 40.5 Å². The van der Waals surface area contributed by atoms with Crippen LogP contribution >= 0.6 is 34.2 Å². The highest BCUT2D eigenvalue weighted by atomic mass is 127. The zero-order valence-corrected chi connectivity index (χ0v) is 8.06. The molecule has 5 heteroatoms. The van der Waals surface area contributed by atoms with Gasteiger partial charge in [0.25, 0.3) is 0 Å². The zero-order chi connectivity index (χ0) is 8.43. The standard InChI is InChI=1S/C6H2ClFINO/c7-6-4(8)5(9)3(2-11)1-10-6/h1-2H. The van der Waals surface area contributed by atoms with Crippen molar-refractivity contribution in [2.75, 3.05) is 0 Å². The van der Waals surface area contributed by atoms with Crippen LogP contribution in [0.5, 0.6) is 0 Å². The van der Waals surface area contributed by atoms with E-state index < -0.39 is 5.82 Å². The second-order valence-corrected chi connectivity index (χ2v) is 3.19. The first kappa shape index (κ1) is 8.86. The lowest BCUT2D eigenvalue weighted by Crippen LogP contribution is -1.94. The second-order valence-electron chi connectivity index (χ2n) is 1.75. The summed E-state index contributed by atoms with van der Waals surface area (Å²) in [4.78, 5) is 13.7. The fourth-order valence-electron chi connectivity index (χ4n) is 0.539. The van der Waals surface area contributed by atoms with Crippen molar-refractivity contribution in [2.24, 2.45) is 0 Å². The first-order valence-corrected chi connectivity index (χ1v) is 4.07. The molecule has 0 amide bonds. The minimum atomic E-state index is -0.642. The highest BCUT2D eigenvalue weighted by Crippen LogP contribution is 2.19. The molecule has 0 aliphatic heterocycles. The number of halogens is 3. The van der Waals surface area contributed by atoms with Gasteiger partial charge in [0.15, 0.2) is 17.3 Å². The van der Waals surface area contributed by atoms with Gasteiger partial charge in [0.1, 0.15) is 0 Å². The number of carbonyl (C=O) groups is 1. The van der Waals surface area contributed by atoms with Gasteiger partial charge < -0.3 is 0 Å². The van der Waals surface area contributed by atoms with E-state index in [4.69, 9.17) is 11.6 Å². The molecule has 0 aliphatic rings. The summed E-state index contributed by atoms with van der Waals surface area (Å²) in [6.45, 7) is 0. The number of hydrogen-bond acceptors (Lipinski definition) is 2. The molecular formula is C6H2ClFINO. The summed E-state index contributed by atoms with van der Waals surface area (Å²) < 4.78 is 13.0. The quantitative estimate of drug-likeness (QED) is 0.450. The van der Waals surface area contributed by atoms with Crippen molar-refractivity contribution in [3.63, 3.8) is 0 Å². The Hall–Kier alpha value is -0.230. The summed E-state index contributed by atoms with van der Waals surface area (Å²) in [7, 11) is 0. The van der Waals surface area contributed by atoms with Crippen molar-refractivity contribution in [1.82, 2.24) is 4.98 Å². The van der Waals surface area contributed by atoms with Crippen LogP contribution in [0.25, 0.3) is 0 Å². The van der Waals surface area contributed by atoms with Gasteiger partial charge in [-0.15, -0.1) is 0 Å². The molecule has 0 bridgehead atoms. The lowest BCUT2D eigenvalue weighted by Gasteiger charge is -1.97. The topological polar surface area (TPSA) is 30.0 Å². The molecule has 1 heterocycles. The van der Waals surface area contributed by atoms with Crippen molar-refractivity contribution in [3.8, 4) is 0 Å². The van der Waals surface area contributed by atoms with Crippen LogP contribution in [0.3, 0.4) is 0 Å². The fourth-order valence-corrected chi connectivity index (χ4v) is 1.36. The molecule has 0 spiro atoms. The number of carbonyl (C=O) groups excluding carboxylic acids is 1. The number of pyridine rings is 1. The molecule has 0 radical (unpaired) electrons. The van der Waals surface area contributed by atoms with E-state index in [9.17, 15) is 9.18 Å². The molecule has 0 atom stereocenters. The molecule has 0 N–H and O–H groups in total. The van der Waals surface area contributed by atoms with Crippen molar-refractivity contribution in [3.05, 3.63) is 26.3 Å². The van der Waals surface area contributed by atoms with E-state index in [-0.39, 0.29) is 14.3 Å². The maximum atomic E-state index is 12.8. The smallest absolute Gasteiger partial charge is 0.174 e. The Morgan fingerprint density at radius 2 is 2.36 bits per heavy atom. The van der Waals surface area contributed by atoms with Crippen LogP contribution in [0.2, 0.25) is 5.15 Å². The van der Waals surface area contributed by atoms with Crippen LogP contribution < -0.4 is 0 Å². The lowest BCUT2D eigenvalue weighted by molar-refractivity contribution is 0.112. The van der Waals surface area contributed by atoms with Gasteiger partial charge in [-0.05, 0) is 22.6 Å². The molecule has 0 saturated carbocycles. The van der Waals surface area contributed by atoms with Gasteiger partial charge in [-0.2, -0.15) is 0 Å². The van der Waals surface area contributed by atoms with Crippen LogP contribution in [0, 0.1) is 9.39 Å². The monoisotopic (exact) mass is 285 g/mol. The Morgan fingerprint density at radius 3 is 2.91 bits per heavy atom. The molecule has 1 aromatic rings. The van der Waals surface area contributed by atoms with Crippen LogP contribution in [0.1, 0.15) is 10.4 Å². The molecule has 0 aromatic carbocycles. The third kappa shape index (κ3) is 1.67. The maximum Gasteiger partial charge on any atom is 0.174 e. The van der Waals surface area contributed by atoms with Crippen LogP contribution in [0.4, 0.5) is 4.39 Å². The normalized spacial score (nSPS) is 9.73. The van der Waals surface area contributed by atoms with E-state index in [1.165, 1.54) is 6.20 Å². The van der Waals surface area contributed by atoms with Gasteiger partial charge in [0, 0.05) is 11.8 Å². The minimum absolute atomic E-state index is 0.206. The van der Waals surface area contributed by atoms with Gasteiger partial charge in [-0.1, -0.05) is 11.6 Å².